The second kappa shape index (κ2) is 10.2. The zero-order chi connectivity index (χ0) is 20.6. The van der Waals surface area contributed by atoms with Gasteiger partial charge in [0.2, 0.25) is 0 Å². The molecule has 30 heavy (non-hydrogen) atoms. The van der Waals surface area contributed by atoms with Crippen molar-refractivity contribution >= 4 is 33.3 Å². The standard InChI is InChI=1S/C27H22OS2/c1-28-23-15-11-14-22(20-23)27(30-25-18-9-4-10-19-25)26(21-12-5-2-6-13-21)29-24-16-7-3-8-17-24/h2-20H,1H3/b27-26+. The van der Waals surface area contributed by atoms with Crippen molar-refractivity contribution in [3.8, 4) is 5.75 Å². The third-order valence-corrected chi connectivity index (χ3v) is 6.93. The highest BCUT2D eigenvalue weighted by atomic mass is 32.2. The van der Waals surface area contributed by atoms with Crippen LogP contribution in [0.4, 0.5) is 0 Å². The van der Waals surface area contributed by atoms with Gasteiger partial charge in [-0.3, -0.25) is 0 Å². The average molecular weight is 427 g/mol. The highest BCUT2D eigenvalue weighted by Gasteiger charge is 2.16. The molecule has 4 rings (SSSR count). The molecule has 1 nitrogen and oxygen atoms in total. The Balaban J connectivity index is 1.91. The van der Waals surface area contributed by atoms with Crippen LogP contribution in [0.1, 0.15) is 11.1 Å². The molecule has 0 heterocycles. The smallest absolute Gasteiger partial charge is 0.119 e. The van der Waals surface area contributed by atoms with E-state index in [-0.39, 0.29) is 0 Å². The highest BCUT2D eigenvalue weighted by molar-refractivity contribution is 8.13. The molecule has 0 aromatic heterocycles. The normalized spacial score (nSPS) is 11.6. The van der Waals surface area contributed by atoms with Crippen molar-refractivity contribution in [1.29, 1.82) is 0 Å². The van der Waals surface area contributed by atoms with Gasteiger partial charge in [-0.25, -0.2) is 0 Å². The third-order valence-electron chi connectivity index (χ3n) is 4.50. The summed E-state index contributed by atoms with van der Waals surface area (Å²) in [6.07, 6.45) is 0. The lowest BCUT2D eigenvalue weighted by molar-refractivity contribution is 0.414. The maximum atomic E-state index is 5.52. The molecule has 0 saturated heterocycles. The molecular weight excluding hydrogens is 404 g/mol. The molecule has 0 atom stereocenters. The topological polar surface area (TPSA) is 9.23 Å². The van der Waals surface area contributed by atoms with Crippen LogP contribution in [0.3, 0.4) is 0 Å². The molecule has 4 aromatic carbocycles. The predicted molar refractivity (Wildman–Crippen MR) is 131 cm³/mol. The van der Waals surface area contributed by atoms with Crippen LogP contribution in [0, 0.1) is 0 Å². The molecule has 0 unspecified atom stereocenters. The van der Waals surface area contributed by atoms with E-state index < -0.39 is 0 Å². The van der Waals surface area contributed by atoms with Crippen LogP contribution in [0.5, 0.6) is 5.75 Å². The van der Waals surface area contributed by atoms with Crippen LogP contribution >= 0.6 is 23.5 Å². The molecule has 0 bridgehead atoms. The lowest BCUT2D eigenvalue weighted by Crippen LogP contribution is -1.90. The van der Waals surface area contributed by atoms with Crippen molar-refractivity contribution in [3.63, 3.8) is 0 Å². The first-order valence-electron chi connectivity index (χ1n) is 9.73. The van der Waals surface area contributed by atoms with Gasteiger partial charge >= 0.3 is 0 Å². The Morgan fingerprint density at radius 3 is 1.53 bits per heavy atom. The Morgan fingerprint density at radius 1 is 0.533 bits per heavy atom. The van der Waals surface area contributed by atoms with Gasteiger partial charge in [0.25, 0.3) is 0 Å². The van der Waals surface area contributed by atoms with E-state index in [2.05, 4.69) is 109 Å². The van der Waals surface area contributed by atoms with Gasteiger partial charge in [-0.2, -0.15) is 0 Å². The summed E-state index contributed by atoms with van der Waals surface area (Å²) in [6.45, 7) is 0. The van der Waals surface area contributed by atoms with Gasteiger partial charge in [0.05, 0.1) is 7.11 Å². The number of hydrogen-bond acceptors (Lipinski definition) is 3. The van der Waals surface area contributed by atoms with Crippen LogP contribution in [0.25, 0.3) is 9.81 Å². The number of benzene rings is 4. The summed E-state index contributed by atoms with van der Waals surface area (Å²) in [5.74, 6) is 0.857. The number of ether oxygens (including phenoxy) is 1. The summed E-state index contributed by atoms with van der Waals surface area (Å²) in [5.41, 5.74) is 2.35. The number of hydrogen-bond donors (Lipinski definition) is 0. The molecule has 0 aliphatic heterocycles. The maximum absolute atomic E-state index is 5.52. The fourth-order valence-corrected chi connectivity index (χ4v) is 5.27. The molecule has 0 radical (unpaired) electrons. The summed E-state index contributed by atoms with van der Waals surface area (Å²) in [5, 5.41) is 0. The Morgan fingerprint density at radius 2 is 1.00 bits per heavy atom. The van der Waals surface area contributed by atoms with Gasteiger partial charge in [0, 0.05) is 19.6 Å². The molecular formula is C27H22OS2. The lowest BCUT2D eigenvalue weighted by Gasteiger charge is -2.17. The number of rotatable bonds is 7. The molecule has 0 aliphatic carbocycles. The molecule has 0 saturated carbocycles. The predicted octanol–water partition coefficient (Wildman–Crippen LogP) is 8.11. The van der Waals surface area contributed by atoms with Crippen molar-refractivity contribution in [2.24, 2.45) is 0 Å². The Labute approximate surface area is 186 Å². The minimum atomic E-state index is 0.857. The van der Waals surface area contributed by atoms with Gasteiger partial charge in [-0.05, 0) is 47.5 Å². The zero-order valence-electron chi connectivity index (χ0n) is 16.7. The molecule has 4 aromatic rings. The van der Waals surface area contributed by atoms with Crippen molar-refractivity contribution in [3.05, 3.63) is 126 Å². The summed E-state index contributed by atoms with van der Waals surface area (Å²) in [4.78, 5) is 4.85. The summed E-state index contributed by atoms with van der Waals surface area (Å²) >= 11 is 3.58. The van der Waals surface area contributed by atoms with Crippen molar-refractivity contribution in [2.75, 3.05) is 7.11 Å². The van der Waals surface area contributed by atoms with Crippen LogP contribution in [0.2, 0.25) is 0 Å². The molecule has 0 fully saturated rings. The van der Waals surface area contributed by atoms with Crippen LogP contribution in [-0.4, -0.2) is 7.11 Å². The molecule has 0 amide bonds. The largest absolute Gasteiger partial charge is 0.497 e. The molecule has 0 spiro atoms. The third kappa shape index (κ3) is 5.18. The monoisotopic (exact) mass is 426 g/mol. The van der Waals surface area contributed by atoms with E-state index in [0.29, 0.717) is 0 Å². The second-order valence-electron chi connectivity index (χ2n) is 6.59. The lowest BCUT2D eigenvalue weighted by atomic mass is 10.1. The van der Waals surface area contributed by atoms with E-state index in [0.717, 1.165) is 11.3 Å². The summed E-state index contributed by atoms with van der Waals surface area (Å²) in [7, 11) is 1.71. The molecule has 0 aliphatic rings. The summed E-state index contributed by atoms with van der Waals surface area (Å²) in [6, 6.07) is 40.0. The van der Waals surface area contributed by atoms with E-state index in [4.69, 9.17) is 4.74 Å². The number of thioether (sulfide) groups is 2. The first kappa shape index (κ1) is 20.4. The Bertz CT molecular complexity index is 1110. The van der Waals surface area contributed by atoms with Gasteiger partial charge in [-0.1, -0.05) is 102 Å². The van der Waals surface area contributed by atoms with Crippen molar-refractivity contribution in [2.45, 2.75) is 9.79 Å². The Hall–Kier alpha value is -2.88. The van der Waals surface area contributed by atoms with Crippen LogP contribution < -0.4 is 4.74 Å². The van der Waals surface area contributed by atoms with Gasteiger partial charge in [0.15, 0.2) is 0 Å². The van der Waals surface area contributed by atoms with Crippen molar-refractivity contribution < 1.29 is 4.74 Å². The molecule has 148 valence electrons. The summed E-state index contributed by atoms with van der Waals surface area (Å²) < 4.78 is 5.52. The Kier molecular flexibility index (Phi) is 6.96. The second-order valence-corrected chi connectivity index (χ2v) is 8.75. The fourth-order valence-electron chi connectivity index (χ4n) is 3.04. The van der Waals surface area contributed by atoms with Gasteiger partial charge < -0.3 is 4.74 Å². The van der Waals surface area contributed by atoms with E-state index in [1.807, 2.05) is 6.07 Å². The van der Waals surface area contributed by atoms with Crippen LogP contribution in [0.15, 0.2) is 125 Å². The van der Waals surface area contributed by atoms with Gasteiger partial charge in [0.1, 0.15) is 5.75 Å². The molecule has 0 N–H and O–H groups in total. The minimum Gasteiger partial charge on any atom is -0.497 e. The minimum absolute atomic E-state index is 0.857. The van der Waals surface area contributed by atoms with E-state index in [9.17, 15) is 0 Å². The van der Waals surface area contributed by atoms with E-state index in [1.54, 1.807) is 30.6 Å². The van der Waals surface area contributed by atoms with Crippen molar-refractivity contribution in [1.82, 2.24) is 0 Å². The fraction of sp³-hybridized carbons (Fsp3) is 0.0370. The quantitative estimate of drug-likeness (QED) is 0.218. The first-order valence-corrected chi connectivity index (χ1v) is 11.4. The van der Waals surface area contributed by atoms with E-state index >= 15 is 0 Å². The van der Waals surface area contributed by atoms with Crippen LogP contribution in [-0.2, 0) is 0 Å². The molecule has 3 heteroatoms. The SMILES string of the molecule is COc1cccc(/C(Sc2ccccc2)=C(\Sc2ccccc2)c2ccccc2)c1. The average Bonchev–Trinajstić information content (AvgIpc) is 2.83. The maximum Gasteiger partial charge on any atom is 0.119 e. The first-order chi connectivity index (χ1) is 14.8. The zero-order valence-corrected chi connectivity index (χ0v) is 18.3. The highest BCUT2D eigenvalue weighted by Crippen LogP contribution is 2.47. The number of methoxy groups -OCH3 is 1. The van der Waals surface area contributed by atoms with E-state index in [1.165, 1.54) is 25.2 Å². The van der Waals surface area contributed by atoms with Gasteiger partial charge in [-0.15, -0.1) is 0 Å².